The summed E-state index contributed by atoms with van der Waals surface area (Å²) in [7, 11) is 0. The lowest BCUT2D eigenvalue weighted by atomic mass is 9.90. The number of carbonyl (C=O) groups excluding carboxylic acids is 1. The molecule has 1 atom stereocenters. The van der Waals surface area contributed by atoms with Crippen molar-refractivity contribution in [2.45, 2.75) is 31.8 Å². The largest absolute Gasteiger partial charge is 0.506 e. The van der Waals surface area contributed by atoms with E-state index in [4.69, 9.17) is 0 Å². The number of nitrogens with zero attached hydrogens (tertiary/aromatic N) is 2. The molecular formula is C13H18N2O3. The lowest BCUT2D eigenvalue weighted by Gasteiger charge is -2.38. The van der Waals surface area contributed by atoms with Crippen molar-refractivity contribution >= 4 is 5.91 Å². The first-order valence-electron chi connectivity index (χ1n) is 6.20. The number of piperidine rings is 1. The van der Waals surface area contributed by atoms with Crippen molar-refractivity contribution in [3.05, 3.63) is 24.0 Å². The normalized spacial score (nSPS) is 24.0. The van der Waals surface area contributed by atoms with E-state index in [9.17, 15) is 15.0 Å². The van der Waals surface area contributed by atoms with Crippen molar-refractivity contribution in [2.24, 2.45) is 0 Å². The fraction of sp³-hybridized carbons (Fsp3) is 0.538. The fourth-order valence-corrected chi connectivity index (χ4v) is 2.30. The van der Waals surface area contributed by atoms with Gasteiger partial charge in [0.05, 0.1) is 17.4 Å². The molecule has 5 heteroatoms. The van der Waals surface area contributed by atoms with Crippen molar-refractivity contribution in [3.63, 3.8) is 0 Å². The van der Waals surface area contributed by atoms with E-state index in [1.807, 2.05) is 6.92 Å². The standard InChI is InChI=1S/C13H18N2O3/c1-2-13(18)4-3-5-15(9-13)12(17)10-6-11(16)8-14-7-10/h6-8,16,18H,2-5,9H2,1H3. The SMILES string of the molecule is CCC1(O)CCCN(C(=O)c2cncc(O)c2)C1. The van der Waals surface area contributed by atoms with Gasteiger partial charge in [-0.15, -0.1) is 0 Å². The van der Waals surface area contributed by atoms with Gasteiger partial charge in [-0.1, -0.05) is 6.92 Å². The van der Waals surface area contributed by atoms with Crippen molar-refractivity contribution in [1.82, 2.24) is 9.88 Å². The molecule has 2 rings (SSSR count). The summed E-state index contributed by atoms with van der Waals surface area (Å²) in [6, 6.07) is 1.40. The Bertz CT molecular complexity index is 450. The summed E-state index contributed by atoms with van der Waals surface area (Å²) in [5.41, 5.74) is -0.423. The molecule has 1 amide bonds. The Morgan fingerprint density at radius 2 is 2.33 bits per heavy atom. The van der Waals surface area contributed by atoms with E-state index in [0.29, 0.717) is 25.1 Å². The molecule has 18 heavy (non-hydrogen) atoms. The van der Waals surface area contributed by atoms with Gasteiger partial charge in [-0.2, -0.15) is 0 Å². The average molecular weight is 250 g/mol. The number of rotatable bonds is 2. The summed E-state index contributed by atoms with van der Waals surface area (Å²) >= 11 is 0. The first kappa shape index (κ1) is 12.8. The van der Waals surface area contributed by atoms with Crippen LogP contribution in [0.25, 0.3) is 0 Å². The second-order valence-corrected chi connectivity index (χ2v) is 4.84. The van der Waals surface area contributed by atoms with Crippen molar-refractivity contribution in [3.8, 4) is 5.75 Å². The zero-order valence-corrected chi connectivity index (χ0v) is 10.5. The van der Waals surface area contributed by atoms with Crippen molar-refractivity contribution in [2.75, 3.05) is 13.1 Å². The van der Waals surface area contributed by atoms with Gasteiger partial charge in [0.1, 0.15) is 5.75 Å². The van der Waals surface area contributed by atoms with Crippen LogP contribution in [-0.2, 0) is 0 Å². The van der Waals surface area contributed by atoms with Gasteiger partial charge >= 0.3 is 0 Å². The maximum absolute atomic E-state index is 12.2. The first-order chi connectivity index (χ1) is 8.54. The van der Waals surface area contributed by atoms with E-state index < -0.39 is 5.60 Å². The van der Waals surface area contributed by atoms with Crippen LogP contribution in [0.5, 0.6) is 5.75 Å². The third kappa shape index (κ3) is 2.61. The van der Waals surface area contributed by atoms with E-state index in [1.54, 1.807) is 4.90 Å². The average Bonchev–Trinajstić information content (AvgIpc) is 2.38. The number of aromatic nitrogens is 1. The summed E-state index contributed by atoms with van der Waals surface area (Å²) in [5.74, 6) is -0.214. The molecule has 1 unspecified atom stereocenters. The Kier molecular flexibility index (Phi) is 3.52. The highest BCUT2D eigenvalue weighted by Gasteiger charge is 2.33. The molecule has 1 aliphatic heterocycles. The second kappa shape index (κ2) is 4.94. The van der Waals surface area contributed by atoms with E-state index in [-0.39, 0.29) is 11.7 Å². The highest BCUT2D eigenvalue weighted by molar-refractivity contribution is 5.94. The Balaban J connectivity index is 2.14. The molecule has 1 aromatic heterocycles. The Morgan fingerprint density at radius 1 is 1.56 bits per heavy atom. The lowest BCUT2D eigenvalue weighted by Crippen LogP contribution is -2.49. The highest BCUT2D eigenvalue weighted by atomic mass is 16.3. The first-order valence-corrected chi connectivity index (χ1v) is 6.20. The van der Waals surface area contributed by atoms with Gasteiger partial charge in [-0.3, -0.25) is 9.78 Å². The van der Waals surface area contributed by atoms with Gasteiger partial charge < -0.3 is 15.1 Å². The van der Waals surface area contributed by atoms with Gasteiger partial charge in [0, 0.05) is 19.3 Å². The molecule has 5 nitrogen and oxygen atoms in total. The molecule has 2 N–H and O–H groups in total. The number of likely N-dealkylation sites (tertiary alicyclic amines) is 1. The predicted molar refractivity (Wildman–Crippen MR) is 66.3 cm³/mol. The number of aromatic hydroxyl groups is 1. The fourth-order valence-electron chi connectivity index (χ4n) is 2.30. The molecule has 1 aromatic rings. The highest BCUT2D eigenvalue weighted by Crippen LogP contribution is 2.25. The number of amides is 1. The molecule has 0 radical (unpaired) electrons. The Hall–Kier alpha value is -1.62. The number of carbonyl (C=O) groups is 1. The number of pyridine rings is 1. The molecule has 0 bridgehead atoms. The summed E-state index contributed by atoms with van der Waals surface area (Å²) in [6.45, 7) is 2.90. The smallest absolute Gasteiger partial charge is 0.255 e. The van der Waals surface area contributed by atoms with Crippen LogP contribution in [0.1, 0.15) is 36.5 Å². The van der Waals surface area contributed by atoms with Gasteiger partial charge in [0.25, 0.3) is 5.91 Å². The van der Waals surface area contributed by atoms with Crippen LogP contribution in [0.2, 0.25) is 0 Å². The van der Waals surface area contributed by atoms with Gasteiger partial charge in [0.15, 0.2) is 0 Å². The van der Waals surface area contributed by atoms with E-state index in [1.165, 1.54) is 18.5 Å². The van der Waals surface area contributed by atoms with Crippen LogP contribution in [0.4, 0.5) is 0 Å². The summed E-state index contributed by atoms with van der Waals surface area (Å²) in [6.07, 6.45) is 4.87. The van der Waals surface area contributed by atoms with Gasteiger partial charge in [-0.05, 0) is 25.3 Å². The Labute approximate surface area is 106 Å². The second-order valence-electron chi connectivity index (χ2n) is 4.84. The summed E-state index contributed by atoms with van der Waals surface area (Å²) in [5, 5.41) is 19.6. The van der Waals surface area contributed by atoms with E-state index in [2.05, 4.69) is 4.98 Å². The molecule has 2 heterocycles. The quantitative estimate of drug-likeness (QED) is 0.826. The molecule has 1 fully saturated rings. The van der Waals surface area contributed by atoms with E-state index in [0.717, 1.165) is 12.8 Å². The van der Waals surface area contributed by atoms with Gasteiger partial charge in [-0.25, -0.2) is 0 Å². The van der Waals surface area contributed by atoms with Crippen LogP contribution < -0.4 is 0 Å². The maximum Gasteiger partial charge on any atom is 0.255 e. The molecule has 0 saturated carbocycles. The van der Waals surface area contributed by atoms with Crippen LogP contribution in [0, 0.1) is 0 Å². The van der Waals surface area contributed by atoms with Crippen LogP contribution >= 0.6 is 0 Å². The van der Waals surface area contributed by atoms with Crippen molar-refractivity contribution in [1.29, 1.82) is 0 Å². The molecule has 0 aromatic carbocycles. The minimum Gasteiger partial charge on any atom is -0.506 e. The number of hydrogen-bond donors (Lipinski definition) is 2. The predicted octanol–water partition coefficient (Wildman–Crippen LogP) is 1.16. The van der Waals surface area contributed by atoms with Crippen molar-refractivity contribution < 1.29 is 15.0 Å². The minimum absolute atomic E-state index is 0.0244. The summed E-state index contributed by atoms with van der Waals surface area (Å²) in [4.78, 5) is 17.6. The van der Waals surface area contributed by atoms with Crippen LogP contribution in [0.3, 0.4) is 0 Å². The van der Waals surface area contributed by atoms with Crippen LogP contribution in [-0.4, -0.2) is 44.7 Å². The molecule has 1 saturated heterocycles. The zero-order chi connectivity index (χ0) is 13.2. The number of β-amino-alcohol motifs (C(OH)–C–C–N with tert-alkyl or cyclic N) is 1. The molecular weight excluding hydrogens is 232 g/mol. The third-order valence-electron chi connectivity index (χ3n) is 3.47. The monoisotopic (exact) mass is 250 g/mol. The number of aliphatic hydroxyl groups is 1. The zero-order valence-electron chi connectivity index (χ0n) is 10.5. The molecule has 0 spiro atoms. The topological polar surface area (TPSA) is 73.7 Å². The lowest BCUT2D eigenvalue weighted by molar-refractivity contribution is -0.0270. The Morgan fingerprint density at radius 3 is 3.00 bits per heavy atom. The summed E-state index contributed by atoms with van der Waals surface area (Å²) < 4.78 is 0. The molecule has 1 aliphatic rings. The molecule has 0 aliphatic carbocycles. The van der Waals surface area contributed by atoms with Crippen LogP contribution in [0.15, 0.2) is 18.5 Å². The number of hydrogen-bond acceptors (Lipinski definition) is 4. The molecule has 98 valence electrons. The third-order valence-corrected chi connectivity index (χ3v) is 3.47. The van der Waals surface area contributed by atoms with Gasteiger partial charge in [0.2, 0.25) is 0 Å². The van der Waals surface area contributed by atoms with E-state index >= 15 is 0 Å². The maximum atomic E-state index is 12.2. The minimum atomic E-state index is -0.780.